The lowest BCUT2D eigenvalue weighted by Gasteiger charge is -2.14. The molecule has 2 rings (SSSR count). The van der Waals surface area contributed by atoms with Crippen molar-refractivity contribution in [1.29, 1.82) is 0 Å². The summed E-state index contributed by atoms with van der Waals surface area (Å²) in [5.41, 5.74) is 13.3. The number of halogens is 2. The number of benzene rings is 2. The molecule has 100 valence electrons. The van der Waals surface area contributed by atoms with E-state index >= 15 is 0 Å². The maximum Gasteiger partial charge on any atom is 0.188 e. The number of ether oxygens (including phenoxy) is 1. The summed E-state index contributed by atoms with van der Waals surface area (Å²) in [6, 6.07) is 7.01. The number of hydrogen-bond acceptors (Lipinski definition) is 3. The zero-order valence-electron chi connectivity index (χ0n) is 10.6. The number of aryl methyl sites for hydroxylation is 2. The van der Waals surface area contributed by atoms with E-state index in [1.54, 1.807) is 6.07 Å². The summed E-state index contributed by atoms with van der Waals surface area (Å²) in [4.78, 5) is 0. The molecule has 0 saturated heterocycles. The van der Waals surface area contributed by atoms with E-state index in [9.17, 15) is 4.39 Å². The highest BCUT2D eigenvalue weighted by atomic mass is 35.5. The van der Waals surface area contributed by atoms with Crippen molar-refractivity contribution in [2.24, 2.45) is 0 Å². The summed E-state index contributed by atoms with van der Waals surface area (Å²) in [5, 5.41) is -0.186. The van der Waals surface area contributed by atoms with Gasteiger partial charge in [0.2, 0.25) is 0 Å². The van der Waals surface area contributed by atoms with Gasteiger partial charge < -0.3 is 16.2 Å². The van der Waals surface area contributed by atoms with Gasteiger partial charge in [-0.3, -0.25) is 0 Å². The van der Waals surface area contributed by atoms with Crippen molar-refractivity contribution >= 4 is 23.0 Å². The average molecular weight is 281 g/mol. The lowest BCUT2D eigenvalue weighted by atomic mass is 10.1. The maximum atomic E-state index is 14.0. The highest BCUT2D eigenvalue weighted by Crippen LogP contribution is 2.38. The minimum atomic E-state index is -0.750. The fourth-order valence-electron chi connectivity index (χ4n) is 1.68. The maximum absolute atomic E-state index is 14.0. The molecule has 0 atom stereocenters. The van der Waals surface area contributed by atoms with Gasteiger partial charge in [-0.2, -0.15) is 0 Å². The molecule has 0 amide bonds. The lowest BCUT2D eigenvalue weighted by molar-refractivity contribution is 0.442. The Morgan fingerprint density at radius 1 is 1.11 bits per heavy atom. The third kappa shape index (κ3) is 2.58. The van der Waals surface area contributed by atoms with E-state index in [-0.39, 0.29) is 22.1 Å². The summed E-state index contributed by atoms with van der Waals surface area (Å²) in [7, 11) is 0. The Kier molecular flexibility index (Phi) is 3.53. The topological polar surface area (TPSA) is 61.3 Å². The quantitative estimate of drug-likeness (QED) is 0.816. The van der Waals surface area contributed by atoms with Crippen molar-refractivity contribution < 1.29 is 9.13 Å². The van der Waals surface area contributed by atoms with E-state index in [0.29, 0.717) is 5.75 Å². The fraction of sp³-hybridized carbons (Fsp3) is 0.143. The van der Waals surface area contributed by atoms with Crippen LogP contribution in [0.3, 0.4) is 0 Å². The van der Waals surface area contributed by atoms with Gasteiger partial charge >= 0.3 is 0 Å². The van der Waals surface area contributed by atoms with Crippen LogP contribution in [-0.4, -0.2) is 0 Å². The summed E-state index contributed by atoms with van der Waals surface area (Å²) in [6.45, 7) is 3.78. The van der Waals surface area contributed by atoms with Gasteiger partial charge in [-0.1, -0.05) is 23.7 Å². The van der Waals surface area contributed by atoms with Crippen molar-refractivity contribution in [2.45, 2.75) is 13.8 Å². The Bertz CT molecular complexity index is 644. The van der Waals surface area contributed by atoms with E-state index in [4.69, 9.17) is 27.8 Å². The second-order valence-corrected chi connectivity index (χ2v) is 4.76. The van der Waals surface area contributed by atoms with E-state index in [1.807, 2.05) is 26.0 Å². The molecule has 0 bridgehead atoms. The van der Waals surface area contributed by atoms with Crippen LogP contribution in [0.25, 0.3) is 0 Å². The van der Waals surface area contributed by atoms with Gasteiger partial charge in [-0.05, 0) is 37.1 Å². The summed E-state index contributed by atoms with van der Waals surface area (Å²) >= 11 is 5.76. The van der Waals surface area contributed by atoms with Crippen molar-refractivity contribution in [3.05, 3.63) is 46.2 Å². The zero-order valence-corrected chi connectivity index (χ0v) is 11.4. The van der Waals surface area contributed by atoms with Crippen LogP contribution in [0.1, 0.15) is 11.1 Å². The Balaban J connectivity index is 2.49. The van der Waals surface area contributed by atoms with Gasteiger partial charge in [0.25, 0.3) is 0 Å². The highest BCUT2D eigenvalue weighted by Gasteiger charge is 2.17. The first-order chi connectivity index (χ1) is 8.90. The second-order valence-electron chi connectivity index (χ2n) is 4.38. The third-order valence-corrected chi connectivity index (χ3v) is 3.16. The molecule has 2 aromatic carbocycles. The summed E-state index contributed by atoms with van der Waals surface area (Å²) in [6.07, 6.45) is 0. The van der Waals surface area contributed by atoms with E-state index in [0.717, 1.165) is 11.1 Å². The number of anilines is 2. The fourth-order valence-corrected chi connectivity index (χ4v) is 1.82. The predicted octanol–water partition coefficient (Wildman–Crippen LogP) is 4.05. The Labute approximate surface area is 115 Å². The third-order valence-electron chi connectivity index (χ3n) is 2.77. The minimum absolute atomic E-state index is 0.0879. The summed E-state index contributed by atoms with van der Waals surface area (Å²) in [5.74, 6) is -0.320. The van der Waals surface area contributed by atoms with E-state index in [1.165, 1.54) is 6.07 Å². The highest BCUT2D eigenvalue weighted by molar-refractivity contribution is 6.33. The van der Waals surface area contributed by atoms with Crippen LogP contribution in [0, 0.1) is 19.7 Å². The predicted molar refractivity (Wildman–Crippen MR) is 76.2 cm³/mol. The zero-order chi connectivity index (χ0) is 14.2. The molecule has 4 N–H and O–H groups in total. The monoisotopic (exact) mass is 280 g/mol. The van der Waals surface area contributed by atoms with Crippen LogP contribution < -0.4 is 16.2 Å². The van der Waals surface area contributed by atoms with Crippen molar-refractivity contribution in [3.63, 3.8) is 0 Å². The van der Waals surface area contributed by atoms with E-state index in [2.05, 4.69) is 0 Å². The number of hydrogen-bond donors (Lipinski definition) is 2. The van der Waals surface area contributed by atoms with Gasteiger partial charge in [0.15, 0.2) is 11.6 Å². The summed E-state index contributed by atoms with van der Waals surface area (Å²) < 4.78 is 19.6. The molecule has 2 aromatic rings. The first-order valence-corrected chi connectivity index (χ1v) is 6.06. The second kappa shape index (κ2) is 4.97. The molecule has 0 aliphatic rings. The Morgan fingerprint density at radius 2 is 1.79 bits per heavy atom. The molecule has 0 fully saturated rings. The first-order valence-electron chi connectivity index (χ1n) is 5.68. The molecule has 0 aliphatic heterocycles. The average Bonchev–Trinajstić information content (AvgIpc) is 2.36. The van der Waals surface area contributed by atoms with Crippen molar-refractivity contribution in [2.75, 3.05) is 11.5 Å². The normalized spacial score (nSPS) is 10.5. The van der Waals surface area contributed by atoms with Gasteiger partial charge in [-0.15, -0.1) is 0 Å². The number of nitrogens with two attached hydrogens (primary N) is 2. The molecule has 0 radical (unpaired) electrons. The van der Waals surface area contributed by atoms with Crippen LogP contribution in [0.15, 0.2) is 24.3 Å². The largest absolute Gasteiger partial charge is 0.452 e. The van der Waals surface area contributed by atoms with Gasteiger partial charge in [0.05, 0.1) is 11.4 Å². The molecular weight excluding hydrogens is 267 g/mol. The molecule has 19 heavy (non-hydrogen) atoms. The van der Waals surface area contributed by atoms with Crippen molar-refractivity contribution in [1.82, 2.24) is 0 Å². The van der Waals surface area contributed by atoms with Gasteiger partial charge in [-0.25, -0.2) is 4.39 Å². The van der Waals surface area contributed by atoms with E-state index < -0.39 is 5.82 Å². The number of nitrogen functional groups attached to an aromatic ring is 2. The SMILES string of the molecule is Cc1ccc(C)c(Oc2c(N)cc(N)c(Cl)c2F)c1. The molecule has 3 nitrogen and oxygen atoms in total. The molecule has 0 unspecified atom stereocenters. The van der Waals surface area contributed by atoms with Crippen molar-refractivity contribution in [3.8, 4) is 11.5 Å². The van der Waals surface area contributed by atoms with Gasteiger partial charge in [0, 0.05) is 0 Å². The molecule has 0 spiro atoms. The molecule has 5 heteroatoms. The molecular formula is C14H14ClFN2O. The smallest absolute Gasteiger partial charge is 0.188 e. The Morgan fingerprint density at radius 3 is 2.47 bits per heavy atom. The van der Waals surface area contributed by atoms with Gasteiger partial charge in [0.1, 0.15) is 10.8 Å². The first kappa shape index (κ1) is 13.5. The number of rotatable bonds is 2. The Hall–Kier alpha value is -1.94. The molecule has 0 aliphatic carbocycles. The van der Waals surface area contributed by atoms with Crippen LogP contribution in [0.2, 0.25) is 5.02 Å². The van der Waals surface area contributed by atoms with Crippen LogP contribution >= 0.6 is 11.6 Å². The lowest BCUT2D eigenvalue weighted by Crippen LogP contribution is -2.00. The molecule has 0 saturated carbocycles. The van der Waals surface area contributed by atoms with Crippen LogP contribution in [0.4, 0.5) is 15.8 Å². The minimum Gasteiger partial charge on any atom is -0.452 e. The van der Waals surface area contributed by atoms with Crippen LogP contribution in [-0.2, 0) is 0 Å². The standard InChI is InChI=1S/C14H14ClFN2O/c1-7-3-4-8(2)11(5-7)19-14-10(18)6-9(17)12(15)13(14)16/h3-6H,17-18H2,1-2H3. The molecule has 0 aromatic heterocycles. The molecule has 0 heterocycles. The van der Waals surface area contributed by atoms with Crippen LogP contribution in [0.5, 0.6) is 11.5 Å².